The Morgan fingerprint density at radius 1 is 0.960 bits per heavy atom. The van der Waals surface area contributed by atoms with Gasteiger partial charge >= 0.3 is 0 Å². The smallest absolute Gasteiger partial charge is 0.257 e. The van der Waals surface area contributed by atoms with Gasteiger partial charge in [0.15, 0.2) is 5.11 Å². The lowest BCUT2D eigenvalue weighted by atomic mass is 10.1. The van der Waals surface area contributed by atoms with E-state index in [2.05, 4.69) is 16.2 Å². The van der Waals surface area contributed by atoms with E-state index < -0.39 is 5.91 Å². The number of hydrogen-bond acceptors (Lipinski definition) is 3. The van der Waals surface area contributed by atoms with Crippen molar-refractivity contribution in [1.82, 2.24) is 16.2 Å². The molecule has 0 saturated heterocycles. The molecule has 0 aliphatic carbocycles. The molecule has 0 atom stereocenters. The summed E-state index contributed by atoms with van der Waals surface area (Å²) < 4.78 is 0. The Balaban J connectivity index is 1.76. The van der Waals surface area contributed by atoms with Gasteiger partial charge in [-0.3, -0.25) is 25.8 Å². The van der Waals surface area contributed by atoms with Crippen LogP contribution in [0.2, 0.25) is 10.0 Å². The Morgan fingerprint density at radius 3 is 2.24 bits per heavy atom. The summed E-state index contributed by atoms with van der Waals surface area (Å²) in [7, 11) is 0. The second-order valence-corrected chi connectivity index (χ2v) is 6.38. The average molecular weight is 396 g/mol. The summed E-state index contributed by atoms with van der Waals surface area (Å²) in [6.07, 6.45) is 0.895. The van der Waals surface area contributed by atoms with Crippen molar-refractivity contribution in [3.05, 3.63) is 69.7 Å². The van der Waals surface area contributed by atoms with Gasteiger partial charge in [0, 0.05) is 22.0 Å². The van der Waals surface area contributed by atoms with Crippen LogP contribution in [-0.2, 0) is 11.2 Å². The van der Waals surface area contributed by atoms with E-state index >= 15 is 0 Å². The van der Waals surface area contributed by atoms with E-state index in [1.807, 2.05) is 30.3 Å². The summed E-state index contributed by atoms with van der Waals surface area (Å²) in [6.45, 7) is 0. The van der Waals surface area contributed by atoms with Crippen LogP contribution in [0.15, 0.2) is 48.5 Å². The molecule has 0 aromatic heterocycles. The molecule has 2 aromatic carbocycles. The molecule has 0 bridgehead atoms. The van der Waals surface area contributed by atoms with Gasteiger partial charge in [-0.15, -0.1) is 0 Å². The monoisotopic (exact) mass is 395 g/mol. The molecule has 0 radical (unpaired) electrons. The molecule has 0 unspecified atom stereocenters. The lowest BCUT2D eigenvalue weighted by Crippen LogP contribution is -2.48. The summed E-state index contributed by atoms with van der Waals surface area (Å²) in [5.41, 5.74) is 6.24. The fourth-order valence-corrected chi connectivity index (χ4v) is 2.65. The highest BCUT2D eigenvalue weighted by Gasteiger charge is 2.10. The van der Waals surface area contributed by atoms with Gasteiger partial charge in [-0.25, -0.2) is 0 Å². The fourth-order valence-electron chi connectivity index (χ4n) is 1.98. The summed E-state index contributed by atoms with van der Waals surface area (Å²) in [5, 5.41) is 3.07. The standard InChI is InChI=1S/C17H15Cl2N3O2S/c18-13-8-12(9-14(19)10-13)16(24)20-17(25)22-21-15(23)7-6-11-4-2-1-3-5-11/h1-5,8-10H,6-7H2,(H,21,23)(H2,20,22,24,25). The lowest BCUT2D eigenvalue weighted by molar-refractivity contribution is -0.121. The topological polar surface area (TPSA) is 70.2 Å². The molecular formula is C17H15Cl2N3O2S. The molecule has 0 fully saturated rings. The number of carbonyl (C=O) groups excluding carboxylic acids is 2. The third kappa shape index (κ3) is 6.70. The van der Waals surface area contributed by atoms with Crippen molar-refractivity contribution >= 4 is 52.3 Å². The number of aryl methyl sites for hydroxylation is 1. The number of hydrazine groups is 1. The number of amides is 2. The van der Waals surface area contributed by atoms with Crippen molar-refractivity contribution in [2.24, 2.45) is 0 Å². The molecule has 0 heterocycles. The Kier molecular flexibility index (Phi) is 7.18. The molecule has 2 aromatic rings. The first-order valence-corrected chi connectivity index (χ1v) is 8.50. The van der Waals surface area contributed by atoms with Gasteiger partial charge in [0.2, 0.25) is 5.91 Å². The number of thiocarbonyl (C=S) groups is 1. The van der Waals surface area contributed by atoms with Gasteiger partial charge < -0.3 is 0 Å². The molecule has 130 valence electrons. The quantitative estimate of drug-likeness (QED) is 0.548. The van der Waals surface area contributed by atoms with Gasteiger partial charge in [-0.05, 0) is 42.4 Å². The Morgan fingerprint density at radius 2 is 1.60 bits per heavy atom. The second-order valence-electron chi connectivity index (χ2n) is 5.10. The molecule has 2 rings (SSSR count). The molecule has 0 spiro atoms. The van der Waals surface area contributed by atoms with Crippen molar-refractivity contribution in [3.63, 3.8) is 0 Å². The molecule has 8 heteroatoms. The van der Waals surface area contributed by atoms with E-state index in [0.29, 0.717) is 16.5 Å². The first kappa shape index (κ1) is 19.2. The number of carbonyl (C=O) groups is 2. The van der Waals surface area contributed by atoms with Crippen LogP contribution < -0.4 is 16.2 Å². The number of nitrogens with one attached hydrogen (secondary N) is 3. The van der Waals surface area contributed by atoms with Gasteiger partial charge in [0.25, 0.3) is 5.91 Å². The van der Waals surface area contributed by atoms with Crippen molar-refractivity contribution in [3.8, 4) is 0 Å². The maximum atomic E-state index is 12.0. The van der Waals surface area contributed by atoms with Crippen LogP contribution in [0.5, 0.6) is 0 Å². The van der Waals surface area contributed by atoms with Crippen LogP contribution in [-0.4, -0.2) is 16.9 Å². The predicted molar refractivity (Wildman–Crippen MR) is 103 cm³/mol. The highest BCUT2D eigenvalue weighted by atomic mass is 35.5. The van der Waals surface area contributed by atoms with E-state index in [4.69, 9.17) is 35.4 Å². The number of rotatable bonds is 4. The SMILES string of the molecule is O=C(CCc1ccccc1)NNC(=S)NC(=O)c1cc(Cl)cc(Cl)c1. The minimum atomic E-state index is -0.486. The zero-order valence-corrected chi connectivity index (χ0v) is 15.3. The van der Waals surface area contributed by atoms with Crippen LogP contribution in [0.3, 0.4) is 0 Å². The highest BCUT2D eigenvalue weighted by Crippen LogP contribution is 2.18. The van der Waals surface area contributed by atoms with Crippen molar-refractivity contribution in [2.45, 2.75) is 12.8 Å². The third-order valence-electron chi connectivity index (χ3n) is 3.15. The van der Waals surface area contributed by atoms with Crippen molar-refractivity contribution < 1.29 is 9.59 Å². The molecular weight excluding hydrogens is 381 g/mol. The van der Waals surface area contributed by atoms with Crippen molar-refractivity contribution in [2.75, 3.05) is 0 Å². The zero-order chi connectivity index (χ0) is 18.2. The highest BCUT2D eigenvalue weighted by molar-refractivity contribution is 7.80. The lowest BCUT2D eigenvalue weighted by Gasteiger charge is -2.11. The second kappa shape index (κ2) is 9.36. The molecule has 0 aliphatic rings. The Labute approximate surface area is 160 Å². The molecule has 2 amide bonds. The Hall–Kier alpha value is -2.15. The number of hydrogen-bond donors (Lipinski definition) is 3. The molecule has 0 saturated carbocycles. The summed E-state index contributed by atoms with van der Waals surface area (Å²) in [4.78, 5) is 23.8. The van der Waals surface area contributed by atoms with Crippen LogP contribution >= 0.6 is 35.4 Å². The summed E-state index contributed by atoms with van der Waals surface area (Å²) in [6, 6.07) is 14.1. The largest absolute Gasteiger partial charge is 0.298 e. The predicted octanol–water partition coefficient (Wildman–Crippen LogP) is 3.26. The van der Waals surface area contributed by atoms with Crippen molar-refractivity contribution in [1.29, 1.82) is 0 Å². The maximum Gasteiger partial charge on any atom is 0.257 e. The van der Waals surface area contributed by atoms with Crippen LogP contribution in [0, 0.1) is 0 Å². The first-order valence-electron chi connectivity index (χ1n) is 7.34. The van der Waals surface area contributed by atoms with E-state index in [9.17, 15) is 9.59 Å². The van der Waals surface area contributed by atoms with E-state index in [0.717, 1.165) is 5.56 Å². The normalized spacial score (nSPS) is 10.0. The minimum Gasteiger partial charge on any atom is -0.298 e. The van der Waals surface area contributed by atoms with E-state index in [1.54, 1.807) is 0 Å². The first-order chi connectivity index (χ1) is 11.9. The van der Waals surface area contributed by atoms with Gasteiger partial charge in [-0.2, -0.15) is 0 Å². The average Bonchev–Trinajstić information content (AvgIpc) is 2.58. The minimum absolute atomic E-state index is 0.0332. The molecule has 5 nitrogen and oxygen atoms in total. The Bertz CT molecular complexity index is 764. The van der Waals surface area contributed by atoms with E-state index in [-0.39, 0.29) is 23.0 Å². The zero-order valence-electron chi connectivity index (χ0n) is 13.0. The van der Waals surface area contributed by atoms with E-state index in [1.165, 1.54) is 18.2 Å². The summed E-state index contributed by atoms with van der Waals surface area (Å²) >= 11 is 16.7. The van der Waals surface area contributed by atoms with Crippen LogP contribution in [0.4, 0.5) is 0 Å². The van der Waals surface area contributed by atoms with Gasteiger partial charge in [-0.1, -0.05) is 53.5 Å². The number of halogens is 2. The van der Waals surface area contributed by atoms with Crippen LogP contribution in [0.1, 0.15) is 22.3 Å². The molecule has 0 aliphatic heterocycles. The third-order valence-corrected chi connectivity index (χ3v) is 3.79. The van der Waals surface area contributed by atoms with Crippen LogP contribution in [0.25, 0.3) is 0 Å². The maximum absolute atomic E-state index is 12.0. The van der Waals surface area contributed by atoms with Gasteiger partial charge in [0.05, 0.1) is 0 Å². The fraction of sp³-hybridized carbons (Fsp3) is 0.118. The number of benzene rings is 2. The van der Waals surface area contributed by atoms with Gasteiger partial charge in [0.1, 0.15) is 0 Å². The molecule has 3 N–H and O–H groups in total. The summed E-state index contributed by atoms with van der Waals surface area (Å²) in [5.74, 6) is -0.730. The molecule has 25 heavy (non-hydrogen) atoms.